The minimum atomic E-state index is -1.24. The van der Waals surface area contributed by atoms with Crippen LogP contribution in [0.25, 0.3) is 21.8 Å². The van der Waals surface area contributed by atoms with Crippen molar-refractivity contribution in [1.29, 1.82) is 0 Å². The van der Waals surface area contributed by atoms with E-state index in [1.807, 2.05) is 0 Å². The lowest BCUT2D eigenvalue weighted by Gasteiger charge is -2.08. The van der Waals surface area contributed by atoms with E-state index in [0.717, 1.165) is 12.1 Å². The third kappa shape index (κ3) is 7.91. The number of carbonyl (C=O) groups excluding carboxylic acids is 1. The van der Waals surface area contributed by atoms with Gasteiger partial charge in [0.2, 0.25) is 5.91 Å². The number of H-pyrrole nitrogens is 2. The highest BCUT2D eigenvalue weighted by molar-refractivity contribution is 6.32. The average molecular weight is 701 g/mol. The Morgan fingerprint density at radius 1 is 0.783 bits per heavy atom. The first-order valence-electron chi connectivity index (χ1n) is 12.8. The Labute approximate surface area is 272 Å². The van der Waals surface area contributed by atoms with Crippen molar-refractivity contribution in [1.82, 2.24) is 9.97 Å². The summed E-state index contributed by atoms with van der Waals surface area (Å²) in [5.41, 5.74) is -0.00714. The smallest absolute Gasteiger partial charge is 0.315 e. The van der Waals surface area contributed by atoms with Gasteiger partial charge in [-0.1, -0.05) is 34.8 Å². The number of aromatic amines is 2. The number of nitrogens with one attached hydrogen (secondary N) is 3. The van der Waals surface area contributed by atoms with E-state index in [0.29, 0.717) is 5.39 Å². The van der Waals surface area contributed by atoms with Gasteiger partial charge in [-0.15, -0.1) is 0 Å². The third-order valence-corrected chi connectivity index (χ3v) is 7.37. The van der Waals surface area contributed by atoms with Crippen molar-refractivity contribution < 1.29 is 38.1 Å². The van der Waals surface area contributed by atoms with Crippen LogP contribution in [0.3, 0.4) is 0 Å². The predicted octanol–water partition coefficient (Wildman–Crippen LogP) is 6.81. The molecule has 16 heteroatoms. The second-order valence-electron chi connectivity index (χ2n) is 9.63. The topological polar surface area (TPSA) is 173 Å². The second-order valence-corrected chi connectivity index (χ2v) is 10.9. The van der Waals surface area contributed by atoms with Crippen LogP contribution in [-0.2, 0) is 9.59 Å². The fraction of sp³-hybridized carbons (Fsp3) is 0.133. The highest BCUT2D eigenvalue weighted by Crippen LogP contribution is 2.31. The Morgan fingerprint density at radius 2 is 1.33 bits per heavy atom. The number of fused-ring (bicyclic) bond motifs is 2. The molecule has 0 saturated heterocycles. The Morgan fingerprint density at radius 3 is 1.91 bits per heavy atom. The number of pyridine rings is 2. The van der Waals surface area contributed by atoms with Crippen molar-refractivity contribution in [3.63, 3.8) is 0 Å². The van der Waals surface area contributed by atoms with E-state index in [9.17, 15) is 42.6 Å². The van der Waals surface area contributed by atoms with Crippen LogP contribution in [0.2, 0.25) is 15.1 Å². The summed E-state index contributed by atoms with van der Waals surface area (Å²) in [7, 11) is 0. The molecule has 2 aromatic heterocycles. The molecule has 0 aliphatic rings. The standard InChI is InChI=1S/C10H9ClFNO3.2C10H7ClFNO2/c1-5(10(15)16)9(14)13-6-2-3-7(11)8(12)4-6;1-4-9(14)5-2-6(11)7(12)3-8(5)13-10(4)15;1-4-9(14)7-6(13-10(4)15)3-2-5(11)8(7)12/h2-5H,1H3,(H,13,14)(H,15,16);2*2-3H,1H3,(H2,13,14,15). The van der Waals surface area contributed by atoms with E-state index in [1.54, 1.807) is 0 Å². The first-order chi connectivity index (χ1) is 21.4. The summed E-state index contributed by atoms with van der Waals surface area (Å²) < 4.78 is 39.6. The number of aliphatic carboxylic acids is 1. The number of carbonyl (C=O) groups is 2. The van der Waals surface area contributed by atoms with Crippen molar-refractivity contribution in [2.24, 2.45) is 5.92 Å². The fourth-order valence-electron chi connectivity index (χ4n) is 3.71. The van der Waals surface area contributed by atoms with Crippen molar-refractivity contribution >= 4 is 74.2 Å². The zero-order valence-corrected chi connectivity index (χ0v) is 26.1. The lowest BCUT2D eigenvalue weighted by atomic mass is 10.1. The van der Waals surface area contributed by atoms with Gasteiger partial charge < -0.3 is 30.6 Å². The largest absolute Gasteiger partial charge is 0.507 e. The first-order valence-corrected chi connectivity index (χ1v) is 14.0. The van der Waals surface area contributed by atoms with Crippen LogP contribution < -0.4 is 16.4 Å². The molecule has 0 spiro atoms. The molecule has 1 unspecified atom stereocenters. The molecule has 242 valence electrons. The van der Waals surface area contributed by atoms with Gasteiger partial charge in [0, 0.05) is 11.1 Å². The number of hydrogen-bond donors (Lipinski definition) is 6. The van der Waals surface area contributed by atoms with Crippen LogP contribution >= 0.6 is 34.8 Å². The minimum absolute atomic E-state index is 0.0559. The van der Waals surface area contributed by atoms with Crippen molar-refractivity contribution in [3.05, 3.63) is 107 Å². The van der Waals surface area contributed by atoms with Crippen molar-refractivity contribution in [3.8, 4) is 11.5 Å². The minimum Gasteiger partial charge on any atom is -0.507 e. The summed E-state index contributed by atoms with van der Waals surface area (Å²) in [4.78, 5) is 49.3. The van der Waals surface area contributed by atoms with Gasteiger partial charge >= 0.3 is 5.97 Å². The molecule has 5 rings (SSSR count). The van der Waals surface area contributed by atoms with Crippen LogP contribution in [-0.4, -0.2) is 37.2 Å². The maximum atomic E-state index is 13.6. The molecular weight excluding hydrogens is 678 g/mol. The molecule has 0 aliphatic heterocycles. The van der Waals surface area contributed by atoms with E-state index in [1.165, 1.54) is 51.1 Å². The molecular formula is C30H23Cl3F3N3O7. The third-order valence-electron chi connectivity index (χ3n) is 6.49. The quantitative estimate of drug-likeness (QED) is 0.112. The molecule has 2 heterocycles. The van der Waals surface area contributed by atoms with Crippen LogP contribution in [0.5, 0.6) is 11.5 Å². The Kier molecular flexibility index (Phi) is 11.3. The highest BCUT2D eigenvalue weighted by atomic mass is 35.5. The van der Waals surface area contributed by atoms with Gasteiger partial charge in [-0.05, 0) is 63.2 Å². The number of rotatable bonds is 3. The summed E-state index contributed by atoms with van der Waals surface area (Å²) in [6.07, 6.45) is 0. The van der Waals surface area contributed by atoms with Gasteiger partial charge in [0.05, 0.1) is 42.6 Å². The lowest BCUT2D eigenvalue weighted by molar-refractivity contribution is -0.144. The van der Waals surface area contributed by atoms with Crippen molar-refractivity contribution in [2.75, 3.05) is 5.32 Å². The summed E-state index contributed by atoms with van der Waals surface area (Å²) >= 11 is 16.6. The van der Waals surface area contributed by atoms with Crippen molar-refractivity contribution in [2.45, 2.75) is 20.8 Å². The number of halogens is 6. The second kappa shape index (κ2) is 14.6. The molecule has 46 heavy (non-hydrogen) atoms. The number of carboxylic acid groups (broad SMARTS) is 1. The lowest BCUT2D eigenvalue weighted by Crippen LogP contribution is -2.26. The normalized spacial score (nSPS) is 11.2. The van der Waals surface area contributed by atoms with Crippen LogP contribution in [0, 0.1) is 37.2 Å². The average Bonchev–Trinajstić information content (AvgIpc) is 3.00. The molecule has 3 aromatic carbocycles. The molecule has 0 fully saturated rings. The number of anilines is 1. The number of carboxylic acids is 1. The number of aromatic nitrogens is 2. The monoisotopic (exact) mass is 699 g/mol. The molecule has 5 aromatic rings. The van der Waals surface area contributed by atoms with Crippen LogP contribution in [0.1, 0.15) is 18.1 Å². The fourth-order valence-corrected chi connectivity index (χ4v) is 4.14. The summed E-state index contributed by atoms with van der Waals surface area (Å²) in [5.74, 6) is -5.74. The van der Waals surface area contributed by atoms with E-state index >= 15 is 0 Å². The van der Waals surface area contributed by atoms with Gasteiger partial charge in [-0.25, -0.2) is 13.2 Å². The number of hydrogen-bond acceptors (Lipinski definition) is 6. The van der Waals surface area contributed by atoms with Gasteiger partial charge in [-0.2, -0.15) is 0 Å². The Hall–Kier alpha value is -4.72. The Balaban J connectivity index is 0.000000188. The maximum absolute atomic E-state index is 13.6. The molecule has 0 radical (unpaired) electrons. The van der Waals surface area contributed by atoms with Gasteiger partial charge in [0.1, 0.15) is 29.1 Å². The van der Waals surface area contributed by atoms with E-state index < -0.39 is 46.4 Å². The van der Waals surface area contributed by atoms with E-state index in [4.69, 9.17) is 39.9 Å². The Bertz CT molecular complexity index is 2110. The number of aromatic hydroxyl groups is 2. The SMILES string of the molecule is CC(C(=O)O)C(=O)Nc1ccc(Cl)c(F)c1.Cc1c(O)c2c(F)c(Cl)ccc2[nH]c1=O.Cc1c(O)c2cc(Cl)c(F)cc2[nH]c1=O. The van der Waals surface area contributed by atoms with Crippen LogP contribution in [0.4, 0.5) is 18.9 Å². The van der Waals surface area contributed by atoms with Crippen LogP contribution in [0.15, 0.2) is 52.1 Å². The predicted molar refractivity (Wildman–Crippen MR) is 169 cm³/mol. The van der Waals surface area contributed by atoms with Gasteiger partial charge in [-0.3, -0.25) is 19.2 Å². The maximum Gasteiger partial charge on any atom is 0.315 e. The molecule has 1 amide bonds. The summed E-state index contributed by atoms with van der Waals surface area (Å²) in [5, 5.41) is 30.1. The molecule has 0 saturated carbocycles. The van der Waals surface area contributed by atoms with Gasteiger partial charge in [0.15, 0.2) is 5.82 Å². The number of benzene rings is 3. The van der Waals surface area contributed by atoms with E-state index in [-0.39, 0.29) is 59.8 Å². The molecule has 6 N–H and O–H groups in total. The zero-order chi connectivity index (χ0) is 34.6. The molecule has 0 aliphatic carbocycles. The molecule has 1 atom stereocenters. The summed E-state index contributed by atoms with van der Waals surface area (Å²) in [6.45, 7) is 4.13. The first kappa shape index (κ1) is 35.8. The summed E-state index contributed by atoms with van der Waals surface area (Å²) in [6, 6.07) is 8.82. The molecule has 10 nitrogen and oxygen atoms in total. The van der Waals surface area contributed by atoms with Gasteiger partial charge in [0.25, 0.3) is 11.1 Å². The zero-order valence-electron chi connectivity index (χ0n) is 23.9. The number of amides is 1. The van der Waals surface area contributed by atoms with E-state index in [2.05, 4.69) is 15.3 Å². The highest BCUT2D eigenvalue weighted by Gasteiger charge is 2.20. The molecule has 0 bridgehead atoms.